The zero-order valence-electron chi connectivity index (χ0n) is 11.3. The Morgan fingerprint density at radius 3 is 2.72 bits per heavy atom. The second-order valence-corrected chi connectivity index (χ2v) is 4.88. The van der Waals surface area contributed by atoms with Crippen LogP contribution in [-0.2, 0) is 0 Å². The summed E-state index contributed by atoms with van der Waals surface area (Å²) in [5.41, 5.74) is 5.26. The number of rotatable bonds is 3. The third-order valence-electron chi connectivity index (χ3n) is 3.76. The van der Waals surface area contributed by atoms with Crippen molar-refractivity contribution in [3.63, 3.8) is 0 Å². The molecule has 1 aliphatic carbocycles. The number of hydrogen-bond donors (Lipinski definition) is 0. The Morgan fingerprint density at radius 2 is 2.17 bits per heavy atom. The normalized spacial score (nSPS) is 20.4. The quantitative estimate of drug-likeness (QED) is 0.696. The lowest BCUT2D eigenvalue weighted by atomic mass is 9.83. The van der Waals surface area contributed by atoms with Gasteiger partial charge in [0, 0.05) is 18.7 Å². The van der Waals surface area contributed by atoms with Crippen LogP contribution in [-0.4, -0.2) is 12.8 Å². The van der Waals surface area contributed by atoms with Crippen LogP contribution >= 0.6 is 0 Å². The molecule has 0 aliphatic heterocycles. The minimum absolute atomic E-state index is 0.555. The van der Waals surface area contributed by atoms with Crippen molar-refractivity contribution in [1.82, 2.24) is 0 Å². The fourth-order valence-electron chi connectivity index (χ4n) is 2.67. The van der Waals surface area contributed by atoms with Crippen LogP contribution in [0.15, 0.2) is 53.6 Å². The maximum Gasteiger partial charge on any atom is 0.0453 e. The Morgan fingerprint density at radius 1 is 1.39 bits per heavy atom. The van der Waals surface area contributed by atoms with Crippen molar-refractivity contribution in [2.75, 3.05) is 7.05 Å². The number of benzene rings is 1. The Hall–Kier alpha value is -1.63. The van der Waals surface area contributed by atoms with E-state index in [2.05, 4.69) is 48.8 Å². The van der Waals surface area contributed by atoms with E-state index in [0.717, 1.165) is 12.8 Å². The average molecular weight is 239 g/mol. The fourth-order valence-corrected chi connectivity index (χ4v) is 2.67. The summed E-state index contributed by atoms with van der Waals surface area (Å²) in [6, 6.07) is 8.53. The summed E-state index contributed by atoms with van der Waals surface area (Å²) in [5, 5.41) is 0. The van der Waals surface area contributed by atoms with Crippen LogP contribution in [0.3, 0.4) is 0 Å². The summed E-state index contributed by atoms with van der Waals surface area (Å²) in [4.78, 5) is 4.56. The van der Waals surface area contributed by atoms with Crippen molar-refractivity contribution in [1.29, 1.82) is 0 Å². The maximum atomic E-state index is 4.56. The SMILES string of the molecule is C=CC1=CCC(/C(=N/C)c2ccccc2C)CC1. The van der Waals surface area contributed by atoms with Crippen LogP contribution in [0.5, 0.6) is 0 Å². The van der Waals surface area contributed by atoms with Gasteiger partial charge in [0.1, 0.15) is 0 Å². The van der Waals surface area contributed by atoms with Gasteiger partial charge in [0.05, 0.1) is 0 Å². The zero-order valence-corrected chi connectivity index (χ0v) is 11.3. The molecule has 1 unspecified atom stereocenters. The van der Waals surface area contributed by atoms with E-state index < -0.39 is 0 Å². The van der Waals surface area contributed by atoms with Crippen LogP contribution in [0, 0.1) is 12.8 Å². The molecule has 0 saturated carbocycles. The van der Waals surface area contributed by atoms with Gasteiger partial charge in [-0.05, 0) is 37.3 Å². The van der Waals surface area contributed by atoms with Crippen molar-refractivity contribution in [2.45, 2.75) is 26.2 Å². The number of nitrogens with zero attached hydrogens (tertiary/aromatic N) is 1. The molecule has 0 N–H and O–H groups in total. The van der Waals surface area contributed by atoms with E-state index in [1.807, 2.05) is 13.1 Å². The first-order valence-electron chi connectivity index (χ1n) is 6.60. The summed E-state index contributed by atoms with van der Waals surface area (Å²) < 4.78 is 0. The first kappa shape index (κ1) is 12.8. The van der Waals surface area contributed by atoms with Crippen molar-refractivity contribution >= 4 is 5.71 Å². The monoisotopic (exact) mass is 239 g/mol. The molecular formula is C17H21N. The lowest BCUT2D eigenvalue weighted by Crippen LogP contribution is -2.19. The number of allylic oxidation sites excluding steroid dienone is 3. The van der Waals surface area contributed by atoms with Crippen molar-refractivity contribution < 1.29 is 0 Å². The summed E-state index contributed by atoms with van der Waals surface area (Å²) >= 11 is 0. The molecule has 18 heavy (non-hydrogen) atoms. The number of hydrogen-bond acceptors (Lipinski definition) is 1. The molecule has 0 spiro atoms. The highest BCUT2D eigenvalue weighted by Gasteiger charge is 2.20. The van der Waals surface area contributed by atoms with Crippen molar-refractivity contribution in [3.05, 3.63) is 59.7 Å². The molecule has 0 fully saturated rings. The highest BCUT2D eigenvalue weighted by Crippen LogP contribution is 2.28. The van der Waals surface area contributed by atoms with Gasteiger partial charge in [-0.15, -0.1) is 0 Å². The molecule has 0 bridgehead atoms. The van der Waals surface area contributed by atoms with Crippen LogP contribution in [0.25, 0.3) is 0 Å². The molecule has 1 nitrogen and oxygen atoms in total. The first-order valence-corrected chi connectivity index (χ1v) is 6.60. The molecule has 1 aliphatic rings. The van der Waals surface area contributed by atoms with Crippen LogP contribution in [0.1, 0.15) is 30.4 Å². The van der Waals surface area contributed by atoms with Gasteiger partial charge in [-0.3, -0.25) is 4.99 Å². The van der Waals surface area contributed by atoms with E-state index in [1.54, 1.807) is 0 Å². The predicted molar refractivity (Wildman–Crippen MR) is 79.3 cm³/mol. The van der Waals surface area contributed by atoms with Gasteiger partial charge in [-0.2, -0.15) is 0 Å². The molecule has 1 atom stereocenters. The smallest absolute Gasteiger partial charge is 0.0453 e. The summed E-state index contributed by atoms with van der Waals surface area (Å²) in [6.07, 6.45) is 7.68. The van der Waals surface area contributed by atoms with E-state index in [9.17, 15) is 0 Å². The summed E-state index contributed by atoms with van der Waals surface area (Å²) in [7, 11) is 1.91. The molecule has 0 radical (unpaired) electrons. The molecule has 0 saturated heterocycles. The Bertz CT molecular complexity index is 494. The highest BCUT2D eigenvalue weighted by molar-refractivity contribution is 6.03. The third-order valence-corrected chi connectivity index (χ3v) is 3.76. The van der Waals surface area contributed by atoms with Gasteiger partial charge >= 0.3 is 0 Å². The molecule has 0 heterocycles. The zero-order chi connectivity index (χ0) is 13.0. The minimum Gasteiger partial charge on any atom is -0.292 e. The molecule has 0 amide bonds. The Labute approximate surface area is 110 Å². The molecule has 0 aromatic heterocycles. The van der Waals surface area contributed by atoms with E-state index in [1.165, 1.54) is 28.8 Å². The molecule has 1 aromatic carbocycles. The third kappa shape index (κ3) is 2.61. The lowest BCUT2D eigenvalue weighted by molar-refractivity contribution is 0.604. The molecular weight excluding hydrogens is 218 g/mol. The van der Waals surface area contributed by atoms with Crippen LogP contribution in [0.2, 0.25) is 0 Å². The minimum atomic E-state index is 0.555. The second-order valence-electron chi connectivity index (χ2n) is 4.88. The maximum absolute atomic E-state index is 4.56. The standard InChI is InChI=1S/C17H21N/c1-4-14-9-11-15(12-10-14)17(18-3)16-8-6-5-7-13(16)2/h4-9,15H,1,10-12H2,2-3H3/b18-17-. The first-order chi connectivity index (χ1) is 8.76. The largest absolute Gasteiger partial charge is 0.292 e. The van der Waals surface area contributed by atoms with Crippen molar-refractivity contribution in [2.24, 2.45) is 10.9 Å². The van der Waals surface area contributed by atoms with Gasteiger partial charge in [-0.1, -0.05) is 48.6 Å². The second kappa shape index (κ2) is 5.81. The molecule has 1 aromatic rings. The van der Waals surface area contributed by atoms with Gasteiger partial charge in [-0.25, -0.2) is 0 Å². The average Bonchev–Trinajstić information content (AvgIpc) is 2.42. The fraction of sp³-hybridized carbons (Fsp3) is 0.353. The van der Waals surface area contributed by atoms with Crippen LogP contribution < -0.4 is 0 Å². The van der Waals surface area contributed by atoms with E-state index in [4.69, 9.17) is 0 Å². The summed E-state index contributed by atoms with van der Waals surface area (Å²) in [5.74, 6) is 0.555. The van der Waals surface area contributed by atoms with E-state index in [0.29, 0.717) is 5.92 Å². The number of aliphatic imine (C=N–C) groups is 1. The molecule has 1 heteroatoms. The lowest BCUT2D eigenvalue weighted by Gasteiger charge is -2.23. The van der Waals surface area contributed by atoms with E-state index >= 15 is 0 Å². The van der Waals surface area contributed by atoms with Gasteiger partial charge in [0.25, 0.3) is 0 Å². The van der Waals surface area contributed by atoms with Crippen molar-refractivity contribution in [3.8, 4) is 0 Å². The molecule has 2 rings (SSSR count). The predicted octanol–water partition coefficient (Wildman–Crippen LogP) is 4.33. The van der Waals surface area contributed by atoms with Gasteiger partial charge < -0.3 is 0 Å². The number of aryl methyl sites for hydroxylation is 1. The highest BCUT2D eigenvalue weighted by atomic mass is 14.7. The van der Waals surface area contributed by atoms with Gasteiger partial charge in [0.2, 0.25) is 0 Å². The van der Waals surface area contributed by atoms with Gasteiger partial charge in [0.15, 0.2) is 0 Å². The Balaban J connectivity index is 2.24. The topological polar surface area (TPSA) is 12.4 Å². The molecule has 94 valence electrons. The van der Waals surface area contributed by atoms with Crippen LogP contribution in [0.4, 0.5) is 0 Å². The summed E-state index contributed by atoms with van der Waals surface area (Å²) in [6.45, 7) is 6.01. The van der Waals surface area contributed by atoms with E-state index in [-0.39, 0.29) is 0 Å². The Kier molecular flexibility index (Phi) is 4.14.